The highest BCUT2D eigenvalue weighted by Crippen LogP contribution is 2.17. The maximum absolute atomic E-state index is 11.2. The van der Waals surface area contributed by atoms with Crippen LogP contribution in [-0.4, -0.2) is 16.2 Å². The van der Waals surface area contributed by atoms with E-state index in [1.54, 1.807) is 4.57 Å². The number of benzene rings is 1. The number of aromatic nitrogens is 2. The highest BCUT2D eigenvalue weighted by molar-refractivity contribution is 7.71. The molecular formula is C12H13N3O2S. The van der Waals surface area contributed by atoms with Crippen LogP contribution in [0.4, 0.5) is 5.82 Å². The summed E-state index contributed by atoms with van der Waals surface area (Å²) in [6.07, 6.45) is 0. The van der Waals surface area contributed by atoms with Crippen molar-refractivity contribution < 1.29 is 4.74 Å². The van der Waals surface area contributed by atoms with E-state index >= 15 is 0 Å². The molecule has 3 N–H and O–H groups in total. The van der Waals surface area contributed by atoms with E-state index in [-0.39, 0.29) is 10.3 Å². The van der Waals surface area contributed by atoms with Gasteiger partial charge in [0.1, 0.15) is 11.6 Å². The standard InChI is InChI=1S/C12H13N3O2S/c1-2-17-9-5-3-8(4-6-9)15-10(13)7-11(16)14-12(15)18/h3-7H,2,13H2,1H3,(H,14,16,18). The summed E-state index contributed by atoms with van der Waals surface area (Å²) in [5.41, 5.74) is 6.27. The average molecular weight is 263 g/mol. The Kier molecular flexibility index (Phi) is 3.47. The topological polar surface area (TPSA) is 73.0 Å². The summed E-state index contributed by atoms with van der Waals surface area (Å²) in [7, 11) is 0. The van der Waals surface area contributed by atoms with Gasteiger partial charge in [0, 0.05) is 6.07 Å². The monoisotopic (exact) mass is 263 g/mol. The fourth-order valence-corrected chi connectivity index (χ4v) is 1.95. The zero-order valence-corrected chi connectivity index (χ0v) is 10.7. The molecule has 6 heteroatoms. The molecule has 0 saturated carbocycles. The van der Waals surface area contributed by atoms with Crippen molar-refractivity contribution in [3.05, 3.63) is 45.5 Å². The molecule has 0 aliphatic carbocycles. The zero-order valence-electron chi connectivity index (χ0n) is 9.84. The number of nitrogens with zero attached hydrogens (tertiary/aromatic N) is 1. The SMILES string of the molecule is CCOc1ccc(-n2c(N)cc(=O)[nH]c2=S)cc1. The number of aromatic amines is 1. The predicted octanol–water partition coefficient (Wildman–Crippen LogP) is 1.88. The second kappa shape index (κ2) is 5.05. The molecule has 1 aromatic heterocycles. The van der Waals surface area contributed by atoms with Crippen LogP contribution in [0.3, 0.4) is 0 Å². The first-order valence-electron chi connectivity index (χ1n) is 5.47. The fourth-order valence-electron chi connectivity index (χ4n) is 1.64. The third-order valence-electron chi connectivity index (χ3n) is 2.38. The minimum atomic E-state index is -0.306. The van der Waals surface area contributed by atoms with Crippen molar-refractivity contribution in [3.63, 3.8) is 0 Å². The molecule has 0 amide bonds. The summed E-state index contributed by atoms with van der Waals surface area (Å²) in [5.74, 6) is 1.07. The van der Waals surface area contributed by atoms with E-state index in [2.05, 4.69) is 4.98 Å². The molecule has 2 aromatic rings. The Morgan fingerprint density at radius 2 is 2.06 bits per heavy atom. The number of anilines is 1. The van der Waals surface area contributed by atoms with Gasteiger partial charge in [-0.15, -0.1) is 0 Å². The van der Waals surface area contributed by atoms with Crippen LogP contribution in [0, 0.1) is 4.77 Å². The number of H-pyrrole nitrogens is 1. The number of hydrogen-bond acceptors (Lipinski definition) is 4. The average Bonchev–Trinajstić information content (AvgIpc) is 2.30. The Morgan fingerprint density at radius 3 is 2.61 bits per heavy atom. The van der Waals surface area contributed by atoms with E-state index in [1.807, 2.05) is 31.2 Å². The Hall–Kier alpha value is -2.08. The molecule has 0 spiro atoms. The summed E-state index contributed by atoms with van der Waals surface area (Å²) in [6, 6.07) is 8.60. The van der Waals surface area contributed by atoms with Gasteiger partial charge in [-0.25, -0.2) is 0 Å². The normalized spacial score (nSPS) is 10.3. The molecule has 0 radical (unpaired) electrons. The van der Waals surface area contributed by atoms with Crippen LogP contribution in [0.1, 0.15) is 6.92 Å². The van der Waals surface area contributed by atoms with Crippen LogP contribution < -0.4 is 16.0 Å². The minimum absolute atomic E-state index is 0.268. The Labute approximate surface area is 109 Å². The highest BCUT2D eigenvalue weighted by Gasteiger charge is 2.03. The number of rotatable bonds is 3. The lowest BCUT2D eigenvalue weighted by Crippen LogP contribution is -2.14. The number of nitrogens with two attached hydrogens (primary N) is 1. The lowest BCUT2D eigenvalue weighted by atomic mass is 10.3. The second-order valence-electron chi connectivity index (χ2n) is 3.63. The number of ether oxygens (including phenoxy) is 1. The largest absolute Gasteiger partial charge is 0.494 e. The van der Waals surface area contributed by atoms with Crippen LogP contribution in [0.15, 0.2) is 35.1 Å². The molecule has 5 nitrogen and oxygen atoms in total. The highest BCUT2D eigenvalue weighted by atomic mass is 32.1. The van der Waals surface area contributed by atoms with E-state index < -0.39 is 0 Å². The number of nitrogens with one attached hydrogen (secondary N) is 1. The van der Waals surface area contributed by atoms with Crippen molar-refractivity contribution in [2.24, 2.45) is 0 Å². The molecule has 18 heavy (non-hydrogen) atoms. The number of nitrogen functional groups attached to an aromatic ring is 1. The molecule has 0 aliphatic rings. The smallest absolute Gasteiger partial charge is 0.253 e. The van der Waals surface area contributed by atoms with Gasteiger partial charge in [-0.3, -0.25) is 14.3 Å². The lowest BCUT2D eigenvalue weighted by molar-refractivity contribution is 0.340. The van der Waals surface area contributed by atoms with Crippen LogP contribution in [0.5, 0.6) is 5.75 Å². The molecule has 0 saturated heterocycles. The van der Waals surface area contributed by atoms with Crippen molar-refractivity contribution in [1.29, 1.82) is 0 Å². The van der Waals surface area contributed by atoms with Gasteiger partial charge in [0.25, 0.3) is 5.56 Å². The first-order chi connectivity index (χ1) is 8.61. The van der Waals surface area contributed by atoms with Gasteiger partial charge in [-0.2, -0.15) is 0 Å². The van der Waals surface area contributed by atoms with Crippen LogP contribution >= 0.6 is 12.2 Å². The maximum Gasteiger partial charge on any atom is 0.253 e. The van der Waals surface area contributed by atoms with E-state index in [0.717, 1.165) is 11.4 Å². The summed E-state index contributed by atoms with van der Waals surface area (Å²) in [5, 5.41) is 0. The summed E-state index contributed by atoms with van der Waals surface area (Å²) < 4.78 is 7.21. The van der Waals surface area contributed by atoms with Crippen molar-refractivity contribution in [1.82, 2.24) is 9.55 Å². The van der Waals surface area contributed by atoms with Crippen molar-refractivity contribution in [3.8, 4) is 11.4 Å². The Morgan fingerprint density at radius 1 is 1.39 bits per heavy atom. The van der Waals surface area contributed by atoms with Gasteiger partial charge in [-0.1, -0.05) is 0 Å². The van der Waals surface area contributed by atoms with Crippen LogP contribution in [0.25, 0.3) is 5.69 Å². The van der Waals surface area contributed by atoms with Crippen molar-refractivity contribution >= 4 is 18.0 Å². The maximum atomic E-state index is 11.2. The van der Waals surface area contributed by atoms with Crippen molar-refractivity contribution in [2.45, 2.75) is 6.92 Å². The third-order valence-corrected chi connectivity index (χ3v) is 2.66. The minimum Gasteiger partial charge on any atom is -0.494 e. The van der Waals surface area contributed by atoms with Crippen LogP contribution in [-0.2, 0) is 0 Å². The molecule has 0 aliphatic heterocycles. The molecule has 2 rings (SSSR count). The number of hydrogen-bond donors (Lipinski definition) is 2. The van der Waals surface area contributed by atoms with Gasteiger partial charge < -0.3 is 10.5 Å². The molecular weight excluding hydrogens is 250 g/mol. The van der Waals surface area contributed by atoms with E-state index in [9.17, 15) is 4.79 Å². The third kappa shape index (κ3) is 2.43. The molecule has 0 atom stereocenters. The van der Waals surface area contributed by atoms with Gasteiger partial charge >= 0.3 is 0 Å². The predicted molar refractivity (Wildman–Crippen MR) is 72.8 cm³/mol. The zero-order chi connectivity index (χ0) is 13.1. The molecule has 94 valence electrons. The first-order valence-corrected chi connectivity index (χ1v) is 5.87. The lowest BCUT2D eigenvalue weighted by Gasteiger charge is -2.10. The summed E-state index contributed by atoms with van der Waals surface area (Å²) in [6.45, 7) is 2.53. The molecule has 0 unspecified atom stereocenters. The van der Waals surface area contributed by atoms with Crippen molar-refractivity contribution in [2.75, 3.05) is 12.3 Å². The van der Waals surface area contributed by atoms with E-state index in [4.69, 9.17) is 22.7 Å². The molecule has 1 heterocycles. The molecule has 1 aromatic carbocycles. The van der Waals surface area contributed by atoms with Gasteiger partial charge in [0.2, 0.25) is 0 Å². The molecule has 0 bridgehead atoms. The fraction of sp³-hybridized carbons (Fsp3) is 0.167. The molecule has 0 fully saturated rings. The first kappa shape index (κ1) is 12.4. The van der Waals surface area contributed by atoms with E-state index in [0.29, 0.717) is 12.4 Å². The van der Waals surface area contributed by atoms with Gasteiger partial charge in [-0.05, 0) is 43.4 Å². The Bertz CT molecular complexity index is 658. The van der Waals surface area contributed by atoms with Gasteiger partial charge in [0.05, 0.1) is 12.3 Å². The quantitative estimate of drug-likeness (QED) is 0.829. The second-order valence-corrected chi connectivity index (χ2v) is 4.01. The van der Waals surface area contributed by atoms with Gasteiger partial charge in [0.15, 0.2) is 4.77 Å². The summed E-state index contributed by atoms with van der Waals surface area (Å²) >= 11 is 5.09. The van der Waals surface area contributed by atoms with E-state index in [1.165, 1.54) is 6.07 Å². The van der Waals surface area contributed by atoms with Crippen LogP contribution in [0.2, 0.25) is 0 Å². The Balaban J connectivity index is 2.49. The summed E-state index contributed by atoms with van der Waals surface area (Å²) in [4.78, 5) is 13.7.